The van der Waals surface area contributed by atoms with Gasteiger partial charge < -0.3 is 30.5 Å². The van der Waals surface area contributed by atoms with E-state index in [1.807, 2.05) is 36.5 Å². The third-order valence-electron chi connectivity index (χ3n) is 6.97. The zero-order valence-corrected chi connectivity index (χ0v) is 22.0. The van der Waals surface area contributed by atoms with E-state index in [1.54, 1.807) is 7.11 Å². The Labute approximate surface area is 223 Å². The van der Waals surface area contributed by atoms with Gasteiger partial charge in [-0.3, -0.25) is 4.79 Å². The Morgan fingerprint density at radius 2 is 1.97 bits per heavy atom. The third kappa shape index (κ3) is 6.23. The second-order valence-electron chi connectivity index (χ2n) is 9.82. The summed E-state index contributed by atoms with van der Waals surface area (Å²) in [7, 11) is 3.84. The van der Waals surface area contributed by atoms with Gasteiger partial charge in [0.2, 0.25) is 11.9 Å². The molecule has 5 rings (SSSR count). The second-order valence-corrected chi connectivity index (χ2v) is 9.82. The number of aromatic nitrogens is 2. The van der Waals surface area contributed by atoms with Crippen molar-refractivity contribution in [3.63, 3.8) is 0 Å². The van der Waals surface area contributed by atoms with Gasteiger partial charge in [-0.2, -0.15) is 4.98 Å². The summed E-state index contributed by atoms with van der Waals surface area (Å²) < 4.78 is 5.72. The predicted octanol–water partition coefficient (Wildman–Crippen LogP) is 4.59. The molecule has 198 valence electrons. The number of benzene rings is 2. The topological polar surface area (TPSA) is 94.6 Å². The minimum absolute atomic E-state index is 0.232. The number of nitrogens with zero attached hydrogens (tertiary/aromatic N) is 4. The number of ether oxygens (including phenoxy) is 1. The maximum Gasteiger partial charge on any atom is 0.247 e. The van der Waals surface area contributed by atoms with Crippen LogP contribution in [0, 0.1) is 0 Å². The number of carbonyl (C=O) groups is 1. The van der Waals surface area contributed by atoms with Gasteiger partial charge in [0.05, 0.1) is 12.8 Å². The summed E-state index contributed by atoms with van der Waals surface area (Å²) in [5, 5.41) is 9.65. The van der Waals surface area contributed by atoms with Gasteiger partial charge in [-0.25, -0.2) is 4.98 Å². The lowest BCUT2D eigenvalue weighted by atomic mass is 10.1. The molecular formula is C29H35N7O2. The first-order chi connectivity index (χ1) is 18.5. The number of methoxy groups -OCH3 is 1. The molecule has 1 saturated carbocycles. The van der Waals surface area contributed by atoms with Crippen LogP contribution in [0.4, 0.5) is 28.8 Å². The lowest BCUT2D eigenvalue weighted by molar-refractivity contribution is -0.111. The van der Waals surface area contributed by atoms with Crippen LogP contribution in [0.2, 0.25) is 0 Å². The van der Waals surface area contributed by atoms with E-state index in [0.29, 0.717) is 18.4 Å². The Morgan fingerprint density at radius 1 is 1.16 bits per heavy atom. The van der Waals surface area contributed by atoms with Crippen LogP contribution in [0.3, 0.4) is 0 Å². The number of amides is 1. The summed E-state index contributed by atoms with van der Waals surface area (Å²) in [4.78, 5) is 25.8. The van der Waals surface area contributed by atoms with Crippen molar-refractivity contribution in [1.29, 1.82) is 0 Å². The molecule has 9 nitrogen and oxygen atoms in total. The quantitative estimate of drug-likeness (QED) is 0.339. The molecule has 2 fully saturated rings. The highest BCUT2D eigenvalue weighted by atomic mass is 16.5. The summed E-state index contributed by atoms with van der Waals surface area (Å²) in [5.74, 6) is 2.34. The summed E-state index contributed by atoms with van der Waals surface area (Å²) in [6.07, 6.45) is 5.48. The standard InChI is InChI=1S/C29H35N7O2/c1-4-27(37)32-22-7-5-6-20(16-22)18-30-28-24(21-8-9-21)19-31-29(34-28)33-25-11-10-23(17-26(25)38-3)36-14-12-35(2)13-15-36/h4-7,10-11,16-17,19,21H,1,8-9,12-15,18H2,2-3H3,(H,32,37)(H2,30,31,33,34). The molecule has 1 amide bonds. The maximum atomic E-state index is 11.7. The summed E-state index contributed by atoms with van der Waals surface area (Å²) in [6.45, 7) is 8.17. The molecule has 9 heteroatoms. The van der Waals surface area contributed by atoms with Crippen LogP contribution >= 0.6 is 0 Å². The van der Waals surface area contributed by atoms with E-state index in [9.17, 15) is 4.79 Å². The molecule has 3 aromatic rings. The number of rotatable bonds is 10. The van der Waals surface area contributed by atoms with Crippen molar-refractivity contribution in [1.82, 2.24) is 14.9 Å². The first kappa shape index (κ1) is 25.5. The first-order valence-electron chi connectivity index (χ1n) is 13.0. The van der Waals surface area contributed by atoms with Crippen molar-refractivity contribution in [3.05, 3.63) is 72.4 Å². The van der Waals surface area contributed by atoms with Crippen molar-refractivity contribution in [2.45, 2.75) is 25.3 Å². The molecular weight excluding hydrogens is 478 g/mol. The number of nitrogens with one attached hydrogen (secondary N) is 3. The van der Waals surface area contributed by atoms with Crippen LogP contribution in [0.25, 0.3) is 0 Å². The molecule has 2 aliphatic rings. The molecule has 0 spiro atoms. The second kappa shape index (κ2) is 11.5. The van der Waals surface area contributed by atoms with Gasteiger partial charge in [0, 0.05) is 61.9 Å². The van der Waals surface area contributed by atoms with Crippen LogP contribution in [0.15, 0.2) is 61.3 Å². The fourth-order valence-electron chi connectivity index (χ4n) is 4.59. The smallest absolute Gasteiger partial charge is 0.247 e. The number of hydrogen-bond acceptors (Lipinski definition) is 8. The molecule has 0 unspecified atom stereocenters. The summed E-state index contributed by atoms with van der Waals surface area (Å²) in [5.41, 5.74) is 4.86. The van der Waals surface area contributed by atoms with E-state index in [4.69, 9.17) is 9.72 Å². The number of carbonyl (C=O) groups excluding carboxylic acids is 1. The van der Waals surface area contributed by atoms with Gasteiger partial charge in [0.15, 0.2) is 0 Å². The van der Waals surface area contributed by atoms with Gasteiger partial charge in [0.1, 0.15) is 11.6 Å². The molecule has 38 heavy (non-hydrogen) atoms. The fourth-order valence-corrected chi connectivity index (χ4v) is 4.59. The minimum atomic E-state index is -0.232. The third-order valence-corrected chi connectivity index (χ3v) is 6.97. The Hall–Kier alpha value is -4.11. The Morgan fingerprint density at radius 3 is 2.71 bits per heavy atom. The number of likely N-dealkylation sites (N-methyl/N-ethyl adjacent to an activating group) is 1. The zero-order chi connectivity index (χ0) is 26.5. The Kier molecular flexibility index (Phi) is 7.74. The predicted molar refractivity (Wildman–Crippen MR) is 153 cm³/mol. The van der Waals surface area contributed by atoms with Crippen LogP contribution in [0.1, 0.15) is 29.9 Å². The number of anilines is 5. The van der Waals surface area contributed by atoms with E-state index in [-0.39, 0.29) is 5.91 Å². The van der Waals surface area contributed by atoms with E-state index in [0.717, 1.165) is 78.8 Å². The fraction of sp³-hybridized carbons (Fsp3) is 0.345. The summed E-state index contributed by atoms with van der Waals surface area (Å²) >= 11 is 0. The highest BCUT2D eigenvalue weighted by molar-refractivity contribution is 5.98. The van der Waals surface area contributed by atoms with Crippen molar-refractivity contribution in [2.24, 2.45) is 0 Å². The monoisotopic (exact) mass is 513 g/mol. The van der Waals surface area contributed by atoms with Crippen molar-refractivity contribution in [3.8, 4) is 5.75 Å². The van der Waals surface area contributed by atoms with E-state index >= 15 is 0 Å². The summed E-state index contributed by atoms with van der Waals surface area (Å²) in [6, 6.07) is 14.0. The van der Waals surface area contributed by atoms with Gasteiger partial charge in [0.25, 0.3) is 0 Å². The molecule has 1 aliphatic heterocycles. The lowest BCUT2D eigenvalue weighted by Gasteiger charge is -2.34. The first-order valence-corrected chi connectivity index (χ1v) is 13.0. The largest absolute Gasteiger partial charge is 0.494 e. The molecule has 1 aromatic heterocycles. The van der Waals surface area contributed by atoms with Crippen LogP contribution in [-0.2, 0) is 11.3 Å². The highest BCUT2D eigenvalue weighted by Gasteiger charge is 2.28. The molecule has 3 N–H and O–H groups in total. The molecule has 2 heterocycles. The highest BCUT2D eigenvalue weighted by Crippen LogP contribution is 2.43. The average Bonchev–Trinajstić information content (AvgIpc) is 3.78. The van der Waals surface area contributed by atoms with Gasteiger partial charge in [-0.15, -0.1) is 0 Å². The Bertz CT molecular complexity index is 1300. The normalized spacial score (nSPS) is 15.6. The van der Waals surface area contributed by atoms with Gasteiger partial charge >= 0.3 is 0 Å². The SMILES string of the molecule is C=CC(=O)Nc1cccc(CNc2nc(Nc3ccc(N4CCN(C)CC4)cc3OC)ncc2C2CC2)c1. The Balaban J connectivity index is 1.31. The van der Waals surface area contributed by atoms with Crippen molar-refractivity contribution >= 4 is 34.7 Å². The van der Waals surface area contributed by atoms with Crippen LogP contribution in [-0.4, -0.2) is 61.1 Å². The van der Waals surface area contributed by atoms with E-state index in [2.05, 4.69) is 56.5 Å². The average molecular weight is 514 g/mol. The lowest BCUT2D eigenvalue weighted by Crippen LogP contribution is -2.44. The molecule has 0 radical (unpaired) electrons. The van der Waals surface area contributed by atoms with Gasteiger partial charge in [-0.05, 0) is 61.7 Å². The molecule has 0 bridgehead atoms. The van der Waals surface area contributed by atoms with Crippen molar-refractivity contribution in [2.75, 3.05) is 61.2 Å². The van der Waals surface area contributed by atoms with E-state index < -0.39 is 0 Å². The van der Waals surface area contributed by atoms with E-state index in [1.165, 1.54) is 6.08 Å². The number of hydrogen-bond donors (Lipinski definition) is 3. The van der Waals surface area contributed by atoms with Crippen molar-refractivity contribution < 1.29 is 9.53 Å². The number of piperazine rings is 1. The molecule has 2 aromatic carbocycles. The molecule has 1 aliphatic carbocycles. The molecule has 0 atom stereocenters. The van der Waals surface area contributed by atoms with Crippen LogP contribution in [0.5, 0.6) is 5.75 Å². The molecule has 1 saturated heterocycles. The maximum absolute atomic E-state index is 11.7. The van der Waals surface area contributed by atoms with Gasteiger partial charge in [-0.1, -0.05) is 18.7 Å². The minimum Gasteiger partial charge on any atom is -0.494 e. The van der Waals surface area contributed by atoms with Crippen LogP contribution < -0.4 is 25.6 Å². The zero-order valence-electron chi connectivity index (χ0n) is 22.0.